The van der Waals surface area contributed by atoms with Gasteiger partial charge in [0.2, 0.25) is 5.95 Å². The Morgan fingerprint density at radius 2 is 1.77 bits per heavy atom. The molecule has 6 heteroatoms. The largest absolute Gasteiger partial charge is 0.497 e. The summed E-state index contributed by atoms with van der Waals surface area (Å²) in [5.41, 5.74) is 7.05. The minimum Gasteiger partial charge on any atom is -0.497 e. The molecular weight excluding hydrogens is 436 g/mol. The van der Waals surface area contributed by atoms with Gasteiger partial charge in [-0.3, -0.25) is 9.36 Å². The third-order valence-corrected chi connectivity index (χ3v) is 7.40. The molecule has 35 heavy (non-hydrogen) atoms. The number of allylic oxidation sites excluding steroid dienone is 2. The maximum atomic E-state index is 13.9. The quantitative estimate of drug-likeness (QED) is 0.349. The monoisotopic (exact) mass is 460 g/mol. The number of benzene rings is 3. The molecule has 3 heterocycles. The van der Waals surface area contributed by atoms with Gasteiger partial charge >= 0.3 is 0 Å². The number of para-hydroxylation sites is 3. The summed E-state index contributed by atoms with van der Waals surface area (Å²) in [6.45, 7) is 0. The highest BCUT2D eigenvalue weighted by Gasteiger charge is 2.40. The number of methoxy groups -OCH3 is 1. The average molecular weight is 461 g/mol. The van der Waals surface area contributed by atoms with Crippen LogP contribution in [0, 0.1) is 0 Å². The molecule has 1 aliphatic heterocycles. The number of aromatic amines is 1. The molecular formula is C29H24N4O2. The number of hydrogen-bond acceptors (Lipinski definition) is 4. The van der Waals surface area contributed by atoms with E-state index < -0.39 is 0 Å². The summed E-state index contributed by atoms with van der Waals surface area (Å²) >= 11 is 0. The lowest BCUT2D eigenvalue weighted by Gasteiger charge is -2.36. The van der Waals surface area contributed by atoms with Gasteiger partial charge in [0.1, 0.15) is 5.75 Å². The number of nitrogens with zero attached hydrogens (tertiary/aromatic N) is 2. The molecule has 2 atom stereocenters. The van der Waals surface area contributed by atoms with Crippen molar-refractivity contribution >= 4 is 33.7 Å². The lowest BCUT2D eigenvalue weighted by Crippen LogP contribution is -2.33. The molecule has 2 N–H and O–H groups in total. The fourth-order valence-electron chi connectivity index (χ4n) is 5.75. The van der Waals surface area contributed by atoms with Gasteiger partial charge in [0.25, 0.3) is 0 Å². The predicted octanol–water partition coefficient (Wildman–Crippen LogP) is 5.94. The number of anilines is 1. The lowest BCUT2D eigenvalue weighted by atomic mass is 9.77. The molecule has 0 bridgehead atoms. The Morgan fingerprint density at radius 3 is 2.63 bits per heavy atom. The molecule has 6 nitrogen and oxygen atoms in total. The number of carbonyl (C=O) groups excluding carboxylic acids is 1. The summed E-state index contributed by atoms with van der Waals surface area (Å²) in [4.78, 5) is 22.2. The fraction of sp³-hybridized carbons (Fsp3) is 0.172. The van der Waals surface area contributed by atoms with Crippen molar-refractivity contribution in [3.8, 4) is 5.75 Å². The Morgan fingerprint density at radius 1 is 0.971 bits per heavy atom. The topological polar surface area (TPSA) is 71.9 Å². The molecule has 5 aromatic rings. The summed E-state index contributed by atoms with van der Waals surface area (Å²) in [6, 6.07) is 24.2. The summed E-state index contributed by atoms with van der Waals surface area (Å²) < 4.78 is 7.51. The van der Waals surface area contributed by atoms with Crippen LogP contribution in [-0.4, -0.2) is 27.4 Å². The number of ketones is 1. The average Bonchev–Trinajstić information content (AvgIpc) is 3.49. The van der Waals surface area contributed by atoms with Gasteiger partial charge < -0.3 is 15.0 Å². The number of aromatic nitrogens is 3. The Balaban J connectivity index is 1.41. The lowest BCUT2D eigenvalue weighted by molar-refractivity contribution is -0.116. The van der Waals surface area contributed by atoms with Crippen molar-refractivity contribution in [1.82, 2.24) is 14.5 Å². The second-order valence-electron chi connectivity index (χ2n) is 9.31. The van der Waals surface area contributed by atoms with Gasteiger partial charge in [0.05, 0.1) is 24.2 Å². The molecule has 2 aliphatic rings. The Labute approximate surface area is 202 Å². The third-order valence-electron chi connectivity index (χ3n) is 7.40. The molecule has 172 valence electrons. The standard InChI is InChI=1S/C29H24N4O2/c1-35-19-12-10-17(11-13-19)18-14-24-27(26(34)15-18)28(21-16-30-22-7-3-2-6-20(21)22)33-25-9-5-4-8-23(25)31-29(33)32-24/h2-13,16,18,28,30H,14-15H2,1H3,(H,31,32)/t18-,28+/m0/s1. The van der Waals surface area contributed by atoms with E-state index in [0.717, 1.165) is 62.5 Å². The molecule has 1 aliphatic carbocycles. The van der Waals surface area contributed by atoms with E-state index >= 15 is 0 Å². The number of nitrogens with one attached hydrogen (secondary N) is 2. The van der Waals surface area contributed by atoms with Gasteiger partial charge in [-0.15, -0.1) is 0 Å². The molecule has 0 unspecified atom stereocenters. The number of rotatable bonds is 3. The predicted molar refractivity (Wildman–Crippen MR) is 137 cm³/mol. The van der Waals surface area contributed by atoms with Gasteiger partial charge in [-0.1, -0.05) is 42.5 Å². The van der Waals surface area contributed by atoms with Crippen molar-refractivity contribution in [3.63, 3.8) is 0 Å². The number of carbonyl (C=O) groups is 1. The second kappa shape index (κ2) is 7.60. The van der Waals surface area contributed by atoms with Crippen molar-refractivity contribution in [2.45, 2.75) is 24.8 Å². The van der Waals surface area contributed by atoms with Crippen LogP contribution in [0.15, 0.2) is 90.3 Å². The zero-order valence-corrected chi connectivity index (χ0v) is 19.3. The molecule has 0 saturated carbocycles. The van der Waals surface area contributed by atoms with Crippen molar-refractivity contribution in [3.05, 3.63) is 101 Å². The zero-order valence-electron chi connectivity index (χ0n) is 19.3. The summed E-state index contributed by atoms with van der Waals surface area (Å²) in [5.74, 6) is 1.89. The first kappa shape index (κ1) is 20.1. The van der Waals surface area contributed by atoms with Crippen molar-refractivity contribution in [2.75, 3.05) is 12.4 Å². The molecule has 0 amide bonds. The number of Topliss-reactive ketones (excluding diaryl/α,β-unsaturated/α-hetero) is 1. The van der Waals surface area contributed by atoms with Crippen LogP contribution in [0.25, 0.3) is 21.9 Å². The zero-order chi connectivity index (χ0) is 23.5. The van der Waals surface area contributed by atoms with Crippen molar-refractivity contribution in [2.24, 2.45) is 0 Å². The van der Waals surface area contributed by atoms with Gasteiger partial charge in [-0.25, -0.2) is 4.98 Å². The minimum absolute atomic E-state index is 0.110. The Kier molecular flexibility index (Phi) is 4.36. The number of ether oxygens (including phenoxy) is 1. The van der Waals surface area contributed by atoms with Crippen LogP contribution in [0.1, 0.15) is 35.9 Å². The van der Waals surface area contributed by atoms with Gasteiger partial charge in [-0.2, -0.15) is 0 Å². The van der Waals surface area contributed by atoms with Gasteiger partial charge in [0, 0.05) is 40.4 Å². The van der Waals surface area contributed by atoms with Crippen LogP contribution in [-0.2, 0) is 4.79 Å². The molecule has 0 fully saturated rings. The van der Waals surface area contributed by atoms with Crippen LogP contribution >= 0.6 is 0 Å². The summed E-state index contributed by atoms with van der Waals surface area (Å²) in [5, 5.41) is 4.68. The number of hydrogen-bond donors (Lipinski definition) is 2. The van der Waals surface area contributed by atoms with E-state index in [1.807, 2.05) is 48.7 Å². The van der Waals surface area contributed by atoms with E-state index in [2.05, 4.69) is 45.2 Å². The summed E-state index contributed by atoms with van der Waals surface area (Å²) in [7, 11) is 1.67. The molecule has 0 spiro atoms. The molecule has 3 aromatic carbocycles. The first-order valence-corrected chi connectivity index (χ1v) is 11.9. The Bertz CT molecular complexity index is 1640. The highest BCUT2D eigenvalue weighted by atomic mass is 16.5. The van der Waals surface area contributed by atoms with E-state index in [4.69, 9.17) is 9.72 Å². The number of imidazole rings is 1. The third kappa shape index (κ3) is 3.03. The smallest absolute Gasteiger partial charge is 0.209 e. The molecule has 2 aromatic heterocycles. The fourth-order valence-corrected chi connectivity index (χ4v) is 5.75. The van der Waals surface area contributed by atoms with Gasteiger partial charge in [0.15, 0.2) is 5.78 Å². The summed E-state index contributed by atoms with van der Waals surface area (Å²) in [6.07, 6.45) is 3.29. The van der Waals surface area contributed by atoms with E-state index in [9.17, 15) is 4.79 Å². The van der Waals surface area contributed by atoms with Crippen LogP contribution in [0.4, 0.5) is 5.95 Å². The van der Waals surface area contributed by atoms with E-state index in [-0.39, 0.29) is 17.7 Å². The van der Waals surface area contributed by atoms with E-state index in [0.29, 0.717) is 6.42 Å². The number of H-pyrrole nitrogens is 1. The SMILES string of the molecule is COc1ccc([C@@H]2CC(=O)C3=C(C2)Nc2nc4ccccc4n2[C@@H]3c2c[nH]c3ccccc23)cc1. The minimum atomic E-state index is -0.242. The van der Waals surface area contributed by atoms with Gasteiger partial charge in [-0.05, 0) is 48.2 Å². The van der Waals surface area contributed by atoms with Crippen LogP contribution in [0.2, 0.25) is 0 Å². The first-order chi connectivity index (χ1) is 17.2. The second-order valence-corrected chi connectivity index (χ2v) is 9.31. The highest BCUT2D eigenvalue weighted by Crippen LogP contribution is 2.47. The van der Waals surface area contributed by atoms with E-state index in [1.165, 1.54) is 0 Å². The van der Waals surface area contributed by atoms with Crippen molar-refractivity contribution in [1.29, 1.82) is 0 Å². The Hall–Kier alpha value is -4.32. The van der Waals surface area contributed by atoms with Crippen molar-refractivity contribution < 1.29 is 9.53 Å². The normalized spacial score (nSPS) is 19.5. The molecule has 0 saturated heterocycles. The van der Waals surface area contributed by atoms with Crippen LogP contribution < -0.4 is 10.1 Å². The van der Waals surface area contributed by atoms with Crippen LogP contribution in [0.5, 0.6) is 5.75 Å². The number of fused-ring (bicyclic) bond motifs is 4. The van der Waals surface area contributed by atoms with Crippen LogP contribution in [0.3, 0.4) is 0 Å². The molecule has 7 rings (SSSR count). The first-order valence-electron chi connectivity index (χ1n) is 11.9. The molecule has 0 radical (unpaired) electrons. The highest BCUT2D eigenvalue weighted by molar-refractivity contribution is 6.02. The van der Waals surface area contributed by atoms with E-state index in [1.54, 1.807) is 7.11 Å². The maximum Gasteiger partial charge on any atom is 0.209 e. The maximum absolute atomic E-state index is 13.9.